The molecule has 0 aromatic heterocycles. The number of anilines is 1. The Morgan fingerprint density at radius 3 is 2.17 bits per heavy atom. The third-order valence-corrected chi connectivity index (χ3v) is 10.8. The first-order valence-corrected chi connectivity index (χ1v) is 17.9. The van der Waals surface area contributed by atoms with E-state index in [-0.39, 0.29) is 29.1 Å². The minimum absolute atomic E-state index is 0.0253. The van der Waals surface area contributed by atoms with Gasteiger partial charge in [0, 0.05) is 28.7 Å². The highest BCUT2D eigenvalue weighted by atomic mass is 35.5. The lowest BCUT2D eigenvalue weighted by Gasteiger charge is -2.34. The number of ether oxygens (including phenoxy) is 2. The summed E-state index contributed by atoms with van der Waals surface area (Å²) in [6, 6.07) is 13.7. The van der Waals surface area contributed by atoms with Gasteiger partial charge >= 0.3 is 0 Å². The number of hydrogen-bond donors (Lipinski definition) is 1. The van der Waals surface area contributed by atoms with E-state index >= 15 is 0 Å². The molecule has 0 bridgehead atoms. The van der Waals surface area contributed by atoms with Crippen molar-refractivity contribution in [3.8, 4) is 11.5 Å². The van der Waals surface area contributed by atoms with E-state index in [2.05, 4.69) is 5.32 Å². The molecule has 1 saturated carbocycles. The zero-order chi connectivity index (χ0) is 34.3. The summed E-state index contributed by atoms with van der Waals surface area (Å²) >= 11 is 12.7. The molecule has 4 rings (SSSR count). The molecule has 0 aliphatic heterocycles. The molecule has 1 fully saturated rings. The highest BCUT2D eigenvalue weighted by molar-refractivity contribution is 7.92. The molecule has 254 valence electrons. The van der Waals surface area contributed by atoms with Crippen LogP contribution in [0.2, 0.25) is 10.0 Å². The van der Waals surface area contributed by atoms with E-state index in [1.165, 1.54) is 37.3 Å². The highest BCUT2D eigenvalue weighted by Crippen LogP contribution is 2.33. The molecular weight excluding hydrogens is 661 g/mol. The molecule has 0 heterocycles. The molecule has 1 aliphatic rings. The molecule has 1 N–H and O–H groups in total. The molecule has 12 heteroatoms. The summed E-state index contributed by atoms with van der Waals surface area (Å²) in [6.45, 7) is 4.95. The van der Waals surface area contributed by atoms with Gasteiger partial charge in [-0.2, -0.15) is 0 Å². The maximum atomic E-state index is 14.5. The fourth-order valence-electron chi connectivity index (χ4n) is 6.02. The molecular formula is C35H43Cl2N3O6S. The van der Waals surface area contributed by atoms with Gasteiger partial charge in [0.2, 0.25) is 11.8 Å². The number of carbonyl (C=O) groups excluding carboxylic acids is 2. The molecule has 0 spiro atoms. The maximum Gasteiger partial charge on any atom is 0.264 e. The topological polar surface area (TPSA) is 105 Å². The van der Waals surface area contributed by atoms with Gasteiger partial charge in [-0.1, -0.05) is 61.5 Å². The van der Waals surface area contributed by atoms with Crippen molar-refractivity contribution in [1.29, 1.82) is 0 Å². The summed E-state index contributed by atoms with van der Waals surface area (Å²) in [5.41, 5.74) is 2.54. The first-order valence-electron chi connectivity index (χ1n) is 15.7. The lowest BCUT2D eigenvalue weighted by Crippen LogP contribution is -2.54. The minimum atomic E-state index is -4.33. The smallest absolute Gasteiger partial charge is 0.264 e. The first kappa shape index (κ1) is 36.4. The standard InChI is InChI=1S/C35H43Cl2N3O6S/c1-6-31(35(42)38-27-10-8-7-9-11-27)39(21-25-12-13-26(36)19-30(25)37)34(41)22-40(28-17-23(2)16-24(3)18-28)47(43,44)29-14-15-32(45-4)33(20-29)46-5/h12-20,27,31H,6-11,21-22H2,1-5H3,(H,38,42)/t31-/m1/s1. The van der Waals surface area contributed by atoms with E-state index in [0.717, 1.165) is 47.5 Å². The quantitative estimate of drug-likeness (QED) is 0.204. The van der Waals surface area contributed by atoms with Crippen LogP contribution >= 0.6 is 23.2 Å². The Morgan fingerprint density at radius 1 is 0.915 bits per heavy atom. The fourth-order valence-corrected chi connectivity index (χ4v) is 7.91. The highest BCUT2D eigenvalue weighted by Gasteiger charge is 2.35. The molecule has 0 saturated heterocycles. The van der Waals surface area contributed by atoms with Crippen molar-refractivity contribution in [2.24, 2.45) is 0 Å². The predicted octanol–water partition coefficient (Wildman–Crippen LogP) is 7.08. The van der Waals surface area contributed by atoms with Crippen LogP contribution in [0.15, 0.2) is 59.5 Å². The number of rotatable bonds is 13. The van der Waals surface area contributed by atoms with Crippen molar-refractivity contribution in [1.82, 2.24) is 10.2 Å². The van der Waals surface area contributed by atoms with E-state index in [1.54, 1.807) is 30.3 Å². The van der Waals surface area contributed by atoms with Gasteiger partial charge in [0.1, 0.15) is 12.6 Å². The van der Waals surface area contributed by atoms with Gasteiger partial charge in [0.25, 0.3) is 10.0 Å². The maximum absolute atomic E-state index is 14.5. The van der Waals surface area contributed by atoms with Crippen molar-refractivity contribution in [2.45, 2.75) is 82.8 Å². The molecule has 3 aromatic carbocycles. The second-order valence-electron chi connectivity index (χ2n) is 11.9. The third-order valence-electron chi connectivity index (χ3n) is 8.41. The van der Waals surface area contributed by atoms with Crippen molar-refractivity contribution < 1.29 is 27.5 Å². The van der Waals surface area contributed by atoms with E-state index in [4.69, 9.17) is 32.7 Å². The van der Waals surface area contributed by atoms with Gasteiger partial charge in [0.05, 0.1) is 24.8 Å². The van der Waals surface area contributed by atoms with Crippen LogP contribution < -0.4 is 19.1 Å². The van der Waals surface area contributed by atoms with E-state index in [1.807, 2.05) is 26.8 Å². The van der Waals surface area contributed by atoms with E-state index < -0.39 is 28.5 Å². The van der Waals surface area contributed by atoms with Crippen LogP contribution in [-0.4, -0.2) is 58.0 Å². The first-order chi connectivity index (χ1) is 22.4. The van der Waals surface area contributed by atoms with E-state index in [0.29, 0.717) is 33.5 Å². The molecule has 1 aliphatic carbocycles. The number of aryl methyl sites for hydroxylation is 2. The number of hydrogen-bond acceptors (Lipinski definition) is 6. The minimum Gasteiger partial charge on any atom is -0.493 e. The number of nitrogens with one attached hydrogen (secondary N) is 1. The lowest BCUT2D eigenvalue weighted by molar-refractivity contribution is -0.140. The summed E-state index contributed by atoms with van der Waals surface area (Å²) in [6.07, 6.45) is 5.26. The van der Waals surface area contributed by atoms with Crippen LogP contribution in [0.1, 0.15) is 62.1 Å². The van der Waals surface area contributed by atoms with Gasteiger partial charge in [-0.3, -0.25) is 13.9 Å². The number of carbonyl (C=O) groups is 2. The van der Waals surface area contributed by atoms with Crippen molar-refractivity contribution in [2.75, 3.05) is 25.1 Å². The SMILES string of the molecule is CC[C@H](C(=O)NC1CCCCC1)N(Cc1ccc(Cl)cc1Cl)C(=O)CN(c1cc(C)cc(C)c1)S(=O)(=O)c1ccc(OC)c(OC)c1. The number of benzene rings is 3. The van der Waals surface area contributed by atoms with Crippen molar-refractivity contribution in [3.63, 3.8) is 0 Å². The summed E-state index contributed by atoms with van der Waals surface area (Å²) in [4.78, 5) is 29.6. The zero-order valence-electron chi connectivity index (χ0n) is 27.5. The monoisotopic (exact) mass is 703 g/mol. The van der Waals surface area contributed by atoms with Crippen LogP contribution in [0, 0.1) is 13.8 Å². The Hall–Kier alpha value is -3.47. The Bertz CT molecular complexity index is 1670. The summed E-state index contributed by atoms with van der Waals surface area (Å²) < 4.78 is 40.6. The largest absolute Gasteiger partial charge is 0.493 e. The van der Waals surface area contributed by atoms with Crippen LogP contribution in [0.5, 0.6) is 11.5 Å². The van der Waals surface area contributed by atoms with Crippen LogP contribution in [0.4, 0.5) is 5.69 Å². The third kappa shape index (κ3) is 8.91. The molecule has 47 heavy (non-hydrogen) atoms. The van der Waals surface area contributed by atoms with Crippen LogP contribution in [0.3, 0.4) is 0 Å². The van der Waals surface area contributed by atoms with Crippen molar-refractivity contribution in [3.05, 3.63) is 81.3 Å². The Labute approximate surface area is 288 Å². The number of halogens is 2. The zero-order valence-corrected chi connectivity index (χ0v) is 29.8. The summed E-state index contributed by atoms with van der Waals surface area (Å²) in [5.74, 6) is -0.255. The Balaban J connectivity index is 1.78. The molecule has 0 radical (unpaired) electrons. The van der Waals surface area contributed by atoms with Gasteiger partial charge < -0.3 is 19.7 Å². The summed E-state index contributed by atoms with van der Waals surface area (Å²) in [7, 11) is -1.45. The molecule has 3 aromatic rings. The Kier molecular flexibility index (Phi) is 12.4. The molecule has 2 amide bonds. The molecule has 0 unspecified atom stereocenters. The van der Waals surface area contributed by atoms with E-state index in [9.17, 15) is 18.0 Å². The normalized spacial score (nSPS) is 14.3. The fraction of sp³-hybridized carbons (Fsp3) is 0.429. The molecule has 1 atom stereocenters. The Morgan fingerprint density at radius 2 is 1.57 bits per heavy atom. The van der Waals surface area contributed by atoms with Gasteiger partial charge in [-0.05, 0) is 86.2 Å². The van der Waals surface area contributed by atoms with Crippen molar-refractivity contribution >= 4 is 50.7 Å². The number of nitrogens with zero attached hydrogens (tertiary/aromatic N) is 2. The average Bonchev–Trinajstić information content (AvgIpc) is 3.03. The number of methoxy groups -OCH3 is 2. The second kappa shape index (κ2) is 16.1. The van der Waals surface area contributed by atoms with Crippen LogP contribution in [-0.2, 0) is 26.2 Å². The van der Waals surface area contributed by atoms with Gasteiger partial charge in [-0.25, -0.2) is 8.42 Å². The number of amides is 2. The summed E-state index contributed by atoms with van der Waals surface area (Å²) in [5, 5.41) is 3.92. The predicted molar refractivity (Wildman–Crippen MR) is 186 cm³/mol. The second-order valence-corrected chi connectivity index (χ2v) is 14.6. The van der Waals surface area contributed by atoms with Gasteiger partial charge in [0.15, 0.2) is 11.5 Å². The van der Waals surface area contributed by atoms with Gasteiger partial charge in [-0.15, -0.1) is 0 Å². The molecule has 9 nitrogen and oxygen atoms in total. The lowest BCUT2D eigenvalue weighted by atomic mass is 9.95. The van der Waals surface area contributed by atoms with Crippen LogP contribution in [0.25, 0.3) is 0 Å². The number of sulfonamides is 1. The average molecular weight is 705 g/mol.